The van der Waals surface area contributed by atoms with Gasteiger partial charge in [0.15, 0.2) is 0 Å². The van der Waals surface area contributed by atoms with Gasteiger partial charge < -0.3 is 15.1 Å². The zero-order valence-electron chi connectivity index (χ0n) is 22.9. The van der Waals surface area contributed by atoms with E-state index in [1.165, 1.54) is 6.07 Å². The fourth-order valence-corrected chi connectivity index (χ4v) is 5.62. The van der Waals surface area contributed by atoms with Crippen LogP contribution in [0.2, 0.25) is 5.02 Å². The van der Waals surface area contributed by atoms with Crippen LogP contribution in [-0.4, -0.2) is 64.6 Å². The largest absolute Gasteiger partial charge is 0.339 e. The molecule has 1 fully saturated rings. The third-order valence-corrected chi connectivity index (χ3v) is 8.07. The average Bonchev–Trinajstić information content (AvgIpc) is 3.14. The van der Waals surface area contributed by atoms with Crippen LogP contribution in [0, 0.1) is 5.82 Å². The van der Waals surface area contributed by atoms with E-state index < -0.39 is 0 Å². The van der Waals surface area contributed by atoms with Crippen LogP contribution in [-0.2, 0) is 6.54 Å². The highest BCUT2D eigenvalue weighted by atomic mass is 35.5. The maximum Gasteiger partial charge on any atom is 0.253 e. The molecule has 216 valence electrons. The minimum Gasteiger partial charge on any atom is -0.339 e. The third kappa shape index (κ3) is 5.91. The van der Waals surface area contributed by atoms with Gasteiger partial charge in [-0.05, 0) is 81.5 Å². The number of carbonyl (C=O) groups is 1. The van der Waals surface area contributed by atoms with E-state index in [1.54, 1.807) is 36.5 Å². The van der Waals surface area contributed by atoms with Gasteiger partial charge in [0.05, 0.1) is 18.0 Å². The van der Waals surface area contributed by atoms with Gasteiger partial charge in [0.1, 0.15) is 5.82 Å². The fourth-order valence-electron chi connectivity index (χ4n) is 5.44. The molecule has 9 heteroatoms. The van der Waals surface area contributed by atoms with Gasteiger partial charge >= 0.3 is 0 Å². The van der Waals surface area contributed by atoms with Gasteiger partial charge in [0, 0.05) is 57.8 Å². The molecule has 1 amide bonds. The Morgan fingerprint density at radius 1 is 1.02 bits per heavy atom. The maximum atomic E-state index is 14.8. The van der Waals surface area contributed by atoms with E-state index >= 15 is 0 Å². The molecule has 2 aliphatic heterocycles. The lowest BCUT2D eigenvalue weighted by Crippen LogP contribution is -2.44. The number of nitrogens with one attached hydrogen (secondary N) is 1. The summed E-state index contributed by atoms with van der Waals surface area (Å²) in [7, 11) is 4.00. The van der Waals surface area contributed by atoms with E-state index in [9.17, 15) is 9.18 Å². The molecule has 0 atom stereocenters. The summed E-state index contributed by atoms with van der Waals surface area (Å²) in [6.45, 7) is 2.30. The average molecular weight is 585 g/mol. The molecular formula is C33H34ClFN6O. The van der Waals surface area contributed by atoms with Crippen molar-refractivity contribution in [2.45, 2.75) is 32.9 Å². The second-order valence-electron chi connectivity index (χ2n) is 10.6. The van der Waals surface area contributed by atoms with Crippen molar-refractivity contribution in [1.82, 2.24) is 19.8 Å². The van der Waals surface area contributed by atoms with Crippen molar-refractivity contribution in [1.29, 1.82) is 0 Å². The summed E-state index contributed by atoms with van der Waals surface area (Å²) in [5.41, 5.74) is 5.37. The molecule has 0 radical (unpaired) electrons. The minimum atomic E-state index is -0.351. The second kappa shape index (κ2) is 12.4. The molecule has 3 heterocycles. The van der Waals surface area contributed by atoms with Crippen molar-refractivity contribution in [2.75, 3.05) is 32.5 Å². The number of halogens is 2. The molecule has 0 spiro atoms. The zero-order chi connectivity index (χ0) is 28.5. The lowest BCUT2D eigenvalue weighted by molar-refractivity contribution is 0.0659. The number of likely N-dealkylation sites (tertiary alicyclic amines) is 1. The summed E-state index contributed by atoms with van der Waals surface area (Å²) in [5.74, 6) is 0.0749. The Hall–Kier alpha value is -4.14. The maximum absolute atomic E-state index is 14.8. The van der Waals surface area contributed by atoms with Crippen LogP contribution in [0.1, 0.15) is 47.3 Å². The predicted octanol–water partition coefficient (Wildman–Crippen LogP) is 6.83. The lowest BCUT2D eigenvalue weighted by Gasteiger charge is -2.35. The summed E-state index contributed by atoms with van der Waals surface area (Å²) in [6.07, 6.45) is 3.71. The normalized spacial score (nSPS) is 15.0. The quantitative estimate of drug-likeness (QED) is 0.278. The molecule has 4 aromatic rings. The number of aliphatic imine (C=N–C) groups is 1. The summed E-state index contributed by atoms with van der Waals surface area (Å²) in [6, 6.07) is 19.7. The highest BCUT2D eigenvalue weighted by Gasteiger charge is 2.25. The Labute approximate surface area is 251 Å². The molecule has 42 heavy (non-hydrogen) atoms. The zero-order valence-corrected chi connectivity index (χ0v) is 23.7. The lowest BCUT2D eigenvalue weighted by atomic mass is 9.95. The molecule has 1 saturated heterocycles. The van der Waals surface area contributed by atoms with Crippen LogP contribution in [0.4, 0.5) is 16.0 Å². The number of nitrogens with zero attached hydrogens (tertiary/aromatic N) is 5. The number of carbonyl (C=O) groups excluding carboxylic acids is 1. The number of amides is 1. The van der Waals surface area contributed by atoms with E-state index in [-0.39, 0.29) is 25.2 Å². The molecule has 6 rings (SSSR count). The van der Waals surface area contributed by atoms with Gasteiger partial charge in [-0.1, -0.05) is 37.2 Å². The van der Waals surface area contributed by atoms with Crippen LogP contribution in [0.5, 0.6) is 0 Å². The molecule has 0 saturated carbocycles. The number of hydrogen-bond donors (Lipinski definition) is 1. The first kappa shape index (κ1) is 29.4. The Morgan fingerprint density at radius 2 is 1.76 bits per heavy atom. The molecular weight excluding hydrogens is 551 g/mol. The van der Waals surface area contributed by atoms with Crippen molar-refractivity contribution in [3.05, 3.63) is 106 Å². The molecule has 1 aromatic heterocycles. The van der Waals surface area contributed by atoms with Crippen LogP contribution in [0.25, 0.3) is 11.3 Å². The van der Waals surface area contributed by atoms with Crippen LogP contribution < -0.4 is 5.32 Å². The minimum absolute atomic E-state index is 0. The van der Waals surface area contributed by atoms with Crippen LogP contribution >= 0.6 is 11.6 Å². The van der Waals surface area contributed by atoms with Gasteiger partial charge in [-0.2, -0.15) is 0 Å². The molecule has 1 N–H and O–H groups in total. The molecule has 0 aliphatic carbocycles. The molecule has 7 nitrogen and oxygen atoms in total. The molecule has 0 bridgehead atoms. The Morgan fingerprint density at radius 3 is 2.50 bits per heavy atom. The van der Waals surface area contributed by atoms with Crippen molar-refractivity contribution in [2.24, 2.45) is 4.99 Å². The smallest absolute Gasteiger partial charge is 0.253 e. The highest BCUT2D eigenvalue weighted by Crippen LogP contribution is 2.34. The van der Waals surface area contributed by atoms with E-state index in [1.807, 2.05) is 42.3 Å². The van der Waals surface area contributed by atoms with Crippen LogP contribution in [0.3, 0.4) is 0 Å². The third-order valence-electron chi connectivity index (χ3n) is 7.84. The van der Waals surface area contributed by atoms with Gasteiger partial charge in [-0.15, -0.1) is 0 Å². The Bertz CT molecular complexity index is 1630. The SMILES string of the molecule is C.CN1CCC(N(C)C(=O)c2ccc(Nc3ncc4c(n3)-c3ccc(Cl)cc3C(c3ccccc3F)=NC4)cc2)CC1. The number of benzene rings is 3. The number of aromatic nitrogens is 2. The number of hydrogen-bond acceptors (Lipinski definition) is 6. The standard InChI is InChI=1S/C32H30ClFN6O.CH4/c1-39-15-13-24(14-16-39)40(2)31(41)20-7-10-23(11-8-20)37-32-36-19-21-18-35-30(26-5-3-4-6-28(26)34)27-17-22(33)9-12-25(27)29(21)38-32;/h3-12,17,19,24H,13-16,18H2,1-2H3,(H,36,37,38);1H4. The number of fused-ring (bicyclic) bond motifs is 3. The molecule has 3 aromatic carbocycles. The van der Waals surface area contributed by atoms with Gasteiger partial charge in [-0.25, -0.2) is 14.4 Å². The van der Waals surface area contributed by atoms with Crippen molar-refractivity contribution in [3.63, 3.8) is 0 Å². The van der Waals surface area contributed by atoms with Crippen molar-refractivity contribution in [3.8, 4) is 11.3 Å². The van der Waals surface area contributed by atoms with Gasteiger partial charge in [0.2, 0.25) is 5.95 Å². The number of rotatable bonds is 5. The van der Waals surface area contributed by atoms with Gasteiger partial charge in [0.25, 0.3) is 5.91 Å². The summed E-state index contributed by atoms with van der Waals surface area (Å²) < 4.78 is 14.8. The Kier molecular flexibility index (Phi) is 8.66. The van der Waals surface area contributed by atoms with Crippen LogP contribution in [0.15, 0.2) is 77.9 Å². The second-order valence-corrected chi connectivity index (χ2v) is 11.0. The first-order chi connectivity index (χ1) is 19.9. The van der Waals surface area contributed by atoms with Crippen molar-refractivity contribution < 1.29 is 9.18 Å². The van der Waals surface area contributed by atoms with E-state index in [0.717, 1.165) is 42.7 Å². The first-order valence-corrected chi connectivity index (χ1v) is 14.0. The highest BCUT2D eigenvalue weighted by molar-refractivity contribution is 6.31. The van der Waals surface area contributed by atoms with E-state index in [0.29, 0.717) is 45.6 Å². The van der Waals surface area contributed by atoms with Crippen molar-refractivity contribution >= 4 is 34.9 Å². The fraction of sp³-hybridized carbons (Fsp3) is 0.273. The monoisotopic (exact) mass is 584 g/mol. The van der Waals surface area contributed by atoms with Gasteiger partial charge in [-0.3, -0.25) is 9.79 Å². The summed E-state index contributed by atoms with van der Waals surface area (Å²) in [4.78, 5) is 31.4. The number of anilines is 2. The topological polar surface area (TPSA) is 73.7 Å². The summed E-state index contributed by atoms with van der Waals surface area (Å²) in [5, 5.41) is 3.78. The Balaban J connectivity index is 0.00000353. The predicted molar refractivity (Wildman–Crippen MR) is 167 cm³/mol. The molecule has 0 unspecified atom stereocenters. The van der Waals surface area contributed by atoms with E-state index in [4.69, 9.17) is 21.6 Å². The van der Waals surface area contributed by atoms with E-state index in [2.05, 4.69) is 22.2 Å². The molecule has 2 aliphatic rings. The summed E-state index contributed by atoms with van der Waals surface area (Å²) >= 11 is 6.37. The first-order valence-electron chi connectivity index (χ1n) is 13.7. The number of piperidine rings is 1.